The molecule has 1 aliphatic heterocycles. The van der Waals surface area contributed by atoms with Gasteiger partial charge in [0.25, 0.3) is 5.56 Å². The molecule has 1 aromatic rings. The van der Waals surface area contributed by atoms with Gasteiger partial charge in [-0.3, -0.25) is 4.79 Å². The van der Waals surface area contributed by atoms with Crippen LogP contribution in [0.3, 0.4) is 0 Å². The number of nitrogens with zero attached hydrogens (tertiary/aromatic N) is 3. The lowest BCUT2D eigenvalue weighted by Gasteiger charge is -2.15. The summed E-state index contributed by atoms with van der Waals surface area (Å²) in [4.78, 5) is 11.6. The molecule has 0 atom stereocenters. The number of nitrogens with one attached hydrogen (secondary N) is 1. The molecule has 1 aliphatic rings. The van der Waals surface area contributed by atoms with Crippen LogP contribution in [0.15, 0.2) is 15.5 Å². The normalized spacial score (nSPS) is 18.6. The molecule has 0 saturated carbocycles. The molecule has 0 spiro atoms. The van der Waals surface area contributed by atoms with Crippen LogP contribution in [0.2, 0.25) is 0 Å². The third-order valence-electron chi connectivity index (χ3n) is 2.96. The van der Waals surface area contributed by atoms with E-state index in [0.717, 1.165) is 0 Å². The van der Waals surface area contributed by atoms with Crippen molar-refractivity contribution < 1.29 is 8.42 Å². The van der Waals surface area contributed by atoms with Crippen molar-refractivity contribution >= 4 is 31.6 Å². The van der Waals surface area contributed by atoms with Crippen molar-refractivity contribution in [1.82, 2.24) is 14.1 Å². The Morgan fingerprint density at radius 3 is 2.89 bits per heavy atom. The fraction of sp³-hybridized carbons (Fsp3) is 0.600. The number of anilines is 1. The van der Waals surface area contributed by atoms with Crippen LogP contribution in [-0.2, 0) is 17.1 Å². The molecule has 0 bridgehead atoms. The van der Waals surface area contributed by atoms with Gasteiger partial charge in [-0.25, -0.2) is 17.4 Å². The second-order valence-electron chi connectivity index (χ2n) is 4.30. The van der Waals surface area contributed by atoms with Gasteiger partial charge in [0.1, 0.15) is 4.47 Å². The maximum Gasteiger partial charge on any atom is 0.282 e. The van der Waals surface area contributed by atoms with E-state index in [9.17, 15) is 13.2 Å². The predicted molar refractivity (Wildman–Crippen MR) is 75.6 cm³/mol. The fourth-order valence-electron chi connectivity index (χ4n) is 1.89. The van der Waals surface area contributed by atoms with E-state index in [1.54, 1.807) is 7.05 Å². The fourth-order valence-corrected chi connectivity index (χ4v) is 3.92. The molecule has 0 aromatic carbocycles. The van der Waals surface area contributed by atoms with Crippen LogP contribution in [-0.4, -0.2) is 47.9 Å². The quantitative estimate of drug-likeness (QED) is 0.825. The summed E-state index contributed by atoms with van der Waals surface area (Å²) in [6, 6.07) is 0. The van der Waals surface area contributed by atoms with Crippen LogP contribution in [0.5, 0.6) is 0 Å². The smallest absolute Gasteiger partial charge is 0.282 e. The summed E-state index contributed by atoms with van der Waals surface area (Å²) >= 11 is 3.20. The second kappa shape index (κ2) is 5.59. The Morgan fingerprint density at radius 2 is 2.26 bits per heavy atom. The molecule has 9 heteroatoms. The molecule has 2 rings (SSSR count). The highest BCUT2D eigenvalue weighted by atomic mass is 79.9. The monoisotopic (exact) mass is 350 g/mol. The molecule has 19 heavy (non-hydrogen) atoms. The van der Waals surface area contributed by atoms with E-state index in [2.05, 4.69) is 26.3 Å². The Hall–Kier alpha value is -0.930. The third kappa shape index (κ3) is 3.15. The lowest BCUT2D eigenvalue weighted by Crippen LogP contribution is -2.31. The van der Waals surface area contributed by atoms with Gasteiger partial charge < -0.3 is 5.32 Å². The van der Waals surface area contributed by atoms with Gasteiger partial charge in [-0.05, 0) is 22.4 Å². The summed E-state index contributed by atoms with van der Waals surface area (Å²) < 4.78 is 26.3. The molecular weight excluding hydrogens is 336 g/mol. The standard InChI is InChI=1S/C10H15BrN4O3S/c1-14-10(16)9(11)8(7-13-14)12-3-5-15-4-2-6-19(15,17)18/h7,12H,2-6H2,1H3. The van der Waals surface area contributed by atoms with Gasteiger partial charge in [-0.1, -0.05) is 0 Å². The van der Waals surface area contributed by atoms with E-state index < -0.39 is 10.0 Å². The lowest BCUT2D eigenvalue weighted by atomic mass is 10.4. The van der Waals surface area contributed by atoms with Gasteiger partial charge in [0.15, 0.2) is 0 Å². The molecule has 0 aliphatic carbocycles. The highest BCUT2D eigenvalue weighted by Crippen LogP contribution is 2.16. The Bertz CT molecular complexity index is 628. The maximum absolute atomic E-state index is 11.6. The average molecular weight is 351 g/mol. The molecule has 2 heterocycles. The van der Waals surface area contributed by atoms with E-state index in [1.165, 1.54) is 15.2 Å². The Balaban J connectivity index is 1.97. The predicted octanol–water partition coefficient (Wildman–Crippen LogP) is -0.00980. The van der Waals surface area contributed by atoms with Crippen LogP contribution in [0.25, 0.3) is 0 Å². The molecular formula is C10H15BrN4O3S. The maximum atomic E-state index is 11.6. The SMILES string of the molecule is Cn1ncc(NCCN2CCCS2(=O)=O)c(Br)c1=O. The number of hydrogen-bond acceptors (Lipinski definition) is 5. The van der Waals surface area contributed by atoms with Gasteiger partial charge in [0, 0.05) is 26.7 Å². The highest BCUT2D eigenvalue weighted by molar-refractivity contribution is 9.10. The van der Waals surface area contributed by atoms with Crippen LogP contribution in [0, 0.1) is 0 Å². The number of hydrogen-bond donors (Lipinski definition) is 1. The Kier molecular flexibility index (Phi) is 4.26. The third-order valence-corrected chi connectivity index (χ3v) is 5.68. The Morgan fingerprint density at radius 1 is 1.53 bits per heavy atom. The molecule has 1 fully saturated rings. The average Bonchev–Trinajstić information content (AvgIpc) is 2.69. The first-order valence-corrected chi connectivity index (χ1v) is 8.25. The van der Waals surface area contributed by atoms with Crippen molar-refractivity contribution in [2.75, 3.05) is 30.7 Å². The number of halogens is 1. The lowest BCUT2D eigenvalue weighted by molar-refractivity contribution is 0.456. The summed E-state index contributed by atoms with van der Waals surface area (Å²) in [7, 11) is -1.50. The number of aryl methyl sites for hydroxylation is 1. The van der Waals surface area contributed by atoms with Crippen molar-refractivity contribution in [3.05, 3.63) is 21.0 Å². The summed E-state index contributed by atoms with van der Waals surface area (Å²) in [5, 5.41) is 6.92. The van der Waals surface area contributed by atoms with Crippen molar-refractivity contribution in [3.8, 4) is 0 Å². The molecule has 0 unspecified atom stereocenters. The minimum Gasteiger partial charge on any atom is -0.381 e. The number of aromatic nitrogens is 2. The minimum absolute atomic E-state index is 0.226. The van der Waals surface area contributed by atoms with Crippen molar-refractivity contribution in [2.24, 2.45) is 7.05 Å². The number of rotatable bonds is 4. The first kappa shape index (κ1) is 14.5. The molecule has 7 nitrogen and oxygen atoms in total. The van der Waals surface area contributed by atoms with Gasteiger partial charge in [0.2, 0.25) is 10.0 Å². The first-order chi connectivity index (χ1) is 8.92. The molecule has 1 aromatic heterocycles. The van der Waals surface area contributed by atoms with Gasteiger partial charge in [-0.15, -0.1) is 0 Å². The zero-order chi connectivity index (χ0) is 14.0. The second-order valence-corrected chi connectivity index (χ2v) is 7.18. The van der Waals surface area contributed by atoms with Crippen LogP contribution >= 0.6 is 15.9 Å². The summed E-state index contributed by atoms with van der Waals surface area (Å²) in [5.41, 5.74) is 0.332. The Labute approximate surface area is 119 Å². The van der Waals surface area contributed by atoms with Crippen molar-refractivity contribution in [1.29, 1.82) is 0 Å². The molecule has 106 valence electrons. The van der Waals surface area contributed by atoms with E-state index in [-0.39, 0.29) is 11.3 Å². The van der Waals surface area contributed by atoms with E-state index in [4.69, 9.17) is 0 Å². The van der Waals surface area contributed by atoms with Crippen molar-refractivity contribution in [3.63, 3.8) is 0 Å². The van der Waals surface area contributed by atoms with Gasteiger partial charge in [-0.2, -0.15) is 5.10 Å². The molecule has 1 N–H and O–H groups in total. The highest BCUT2D eigenvalue weighted by Gasteiger charge is 2.27. The topological polar surface area (TPSA) is 84.3 Å². The molecule has 1 saturated heterocycles. The van der Waals surface area contributed by atoms with Crippen LogP contribution < -0.4 is 10.9 Å². The largest absolute Gasteiger partial charge is 0.381 e. The molecule has 0 amide bonds. The van der Waals surface area contributed by atoms with Gasteiger partial charge in [0.05, 0.1) is 17.6 Å². The van der Waals surface area contributed by atoms with E-state index in [1.807, 2.05) is 0 Å². The van der Waals surface area contributed by atoms with Crippen molar-refractivity contribution in [2.45, 2.75) is 6.42 Å². The zero-order valence-corrected chi connectivity index (χ0v) is 12.9. The summed E-state index contributed by atoms with van der Waals surface area (Å²) in [6.07, 6.45) is 2.21. The first-order valence-electron chi connectivity index (χ1n) is 5.85. The summed E-state index contributed by atoms with van der Waals surface area (Å²) in [5.74, 6) is 0.226. The molecule has 0 radical (unpaired) electrons. The summed E-state index contributed by atoms with van der Waals surface area (Å²) in [6.45, 7) is 1.40. The minimum atomic E-state index is -3.07. The van der Waals surface area contributed by atoms with Crippen LogP contribution in [0.4, 0.5) is 5.69 Å². The van der Waals surface area contributed by atoms with Crippen LogP contribution in [0.1, 0.15) is 6.42 Å². The van der Waals surface area contributed by atoms with Gasteiger partial charge >= 0.3 is 0 Å². The number of sulfonamides is 1. The zero-order valence-electron chi connectivity index (χ0n) is 10.5. The van der Waals surface area contributed by atoms with E-state index in [0.29, 0.717) is 36.2 Å². The van der Waals surface area contributed by atoms with E-state index >= 15 is 0 Å².